The van der Waals surface area contributed by atoms with E-state index >= 15 is 0 Å². The predicted molar refractivity (Wildman–Crippen MR) is 68.8 cm³/mol. The number of nitrogens with zero attached hydrogens (tertiary/aromatic N) is 1. The van der Waals surface area contributed by atoms with Crippen molar-refractivity contribution in [3.8, 4) is 0 Å². The molecule has 0 bridgehead atoms. The van der Waals surface area contributed by atoms with Crippen molar-refractivity contribution in [2.75, 3.05) is 6.54 Å². The van der Waals surface area contributed by atoms with Gasteiger partial charge in [-0.05, 0) is 25.1 Å². The highest BCUT2D eigenvalue weighted by atomic mass is 35.5. The Morgan fingerprint density at radius 2 is 2.00 bits per heavy atom. The van der Waals surface area contributed by atoms with E-state index in [2.05, 4.69) is 33.9 Å². The van der Waals surface area contributed by atoms with Gasteiger partial charge in [-0.3, -0.25) is 9.21 Å². The van der Waals surface area contributed by atoms with Crippen LogP contribution in [0.2, 0.25) is 18.1 Å². The first kappa shape index (κ1) is 14.0. The molecule has 94 valence electrons. The minimum absolute atomic E-state index is 0.00660. The summed E-state index contributed by atoms with van der Waals surface area (Å²) in [5.41, 5.74) is 0. The van der Waals surface area contributed by atoms with E-state index in [1.807, 2.05) is 6.92 Å². The SMILES string of the molecule is C[C@@H](O[Si](C)(C)C(C)(C)C)[C@@H]1CN(Cl)C1=O. The Labute approximate surface area is 104 Å². The van der Waals surface area contributed by atoms with Crippen LogP contribution in [0.15, 0.2) is 0 Å². The maximum Gasteiger partial charge on any atom is 0.244 e. The third kappa shape index (κ3) is 2.60. The van der Waals surface area contributed by atoms with E-state index in [-0.39, 0.29) is 23.0 Å². The van der Waals surface area contributed by atoms with Crippen LogP contribution in [0.5, 0.6) is 0 Å². The summed E-state index contributed by atoms with van der Waals surface area (Å²) in [7, 11) is -1.78. The van der Waals surface area contributed by atoms with E-state index in [4.69, 9.17) is 16.2 Å². The van der Waals surface area contributed by atoms with Gasteiger partial charge in [0.1, 0.15) is 0 Å². The number of rotatable bonds is 3. The predicted octanol–water partition coefficient (Wildman–Crippen LogP) is 3.01. The molecule has 0 radical (unpaired) electrons. The van der Waals surface area contributed by atoms with E-state index in [9.17, 15) is 4.79 Å². The first-order valence-electron chi connectivity index (χ1n) is 5.71. The molecule has 5 heteroatoms. The number of carbonyl (C=O) groups is 1. The third-order valence-electron chi connectivity index (χ3n) is 3.77. The molecule has 0 aromatic rings. The van der Waals surface area contributed by atoms with Crippen molar-refractivity contribution in [2.45, 2.75) is 51.9 Å². The second-order valence-electron chi connectivity index (χ2n) is 6.07. The third-order valence-corrected chi connectivity index (χ3v) is 8.64. The van der Waals surface area contributed by atoms with Gasteiger partial charge in [0.25, 0.3) is 0 Å². The fraction of sp³-hybridized carbons (Fsp3) is 0.909. The summed E-state index contributed by atoms with van der Waals surface area (Å²) in [4.78, 5) is 11.5. The summed E-state index contributed by atoms with van der Waals surface area (Å²) in [6.07, 6.45) is -0.0246. The molecule has 0 spiro atoms. The summed E-state index contributed by atoms with van der Waals surface area (Å²) in [6.45, 7) is 13.6. The first-order valence-corrected chi connectivity index (χ1v) is 8.96. The average molecular weight is 264 g/mol. The molecule has 1 heterocycles. The summed E-state index contributed by atoms with van der Waals surface area (Å²) in [5, 5.41) is 0.175. The lowest BCUT2D eigenvalue weighted by molar-refractivity contribution is -0.144. The van der Waals surface area contributed by atoms with E-state index < -0.39 is 8.32 Å². The highest BCUT2D eigenvalue weighted by molar-refractivity contribution is 6.74. The van der Waals surface area contributed by atoms with Crippen LogP contribution >= 0.6 is 11.8 Å². The lowest BCUT2D eigenvalue weighted by Crippen LogP contribution is -2.55. The Morgan fingerprint density at radius 3 is 2.31 bits per heavy atom. The fourth-order valence-electron chi connectivity index (χ4n) is 1.48. The van der Waals surface area contributed by atoms with Gasteiger partial charge < -0.3 is 4.43 Å². The molecule has 1 saturated heterocycles. The molecule has 1 fully saturated rings. The van der Waals surface area contributed by atoms with Crippen LogP contribution in [0.4, 0.5) is 0 Å². The van der Waals surface area contributed by atoms with Crippen molar-refractivity contribution >= 4 is 26.0 Å². The zero-order chi connectivity index (χ0) is 12.7. The van der Waals surface area contributed by atoms with E-state index in [0.29, 0.717) is 6.54 Å². The minimum atomic E-state index is -1.78. The number of hydrogen-bond acceptors (Lipinski definition) is 2. The van der Waals surface area contributed by atoms with Crippen LogP contribution in [0, 0.1) is 5.92 Å². The van der Waals surface area contributed by atoms with Crippen LogP contribution in [-0.2, 0) is 9.22 Å². The van der Waals surface area contributed by atoms with Crippen LogP contribution in [0.1, 0.15) is 27.7 Å². The Bertz CT molecular complexity index is 288. The molecule has 0 aromatic carbocycles. The second kappa shape index (κ2) is 4.31. The maximum absolute atomic E-state index is 11.5. The monoisotopic (exact) mass is 263 g/mol. The fourth-order valence-corrected chi connectivity index (χ4v) is 3.20. The molecular formula is C11H22ClNO2Si. The molecule has 1 amide bonds. The molecule has 1 aliphatic rings. The molecule has 3 nitrogen and oxygen atoms in total. The Balaban J connectivity index is 2.58. The summed E-state index contributed by atoms with van der Waals surface area (Å²) >= 11 is 5.64. The number of β-lactam (4-membered cyclic amide) rings is 1. The Hall–Kier alpha value is -0.0631. The van der Waals surface area contributed by atoms with E-state index in [1.165, 1.54) is 4.42 Å². The topological polar surface area (TPSA) is 29.5 Å². The number of carbonyl (C=O) groups excluding carboxylic acids is 1. The van der Waals surface area contributed by atoms with Crippen molar-refractivity contribution in [1.82, 2.24) is 4.42 Å². The lowest BCUT2D eigenvalue weighted by Gasteiger charge is -2.43. The molecule has 0 N–H and O–H groups in total. The standard InChI is InChI=1S/C11H22ClNO2Si/c1-8(9-7-13(12)10(9)14)15-16(5,6)11(2,3)4/h8-9H,7H2,1-6H3/t8-,9+/m1/s1. The van der Waals surface area contributed by atoms with Crippen molar-refractivity contribution in [2.24, 2.45) is 5.92 Å². The molecule has 0 aromatic heterocycles. The molecule has 16 heavy (non-hydrogen) atoms. The zero-order valence-electron chi connectivity index (χ0n) is 11.0. The first-order chi connectivity index (χ1) is 7.06. The zero-order valence-corrected chi connectivity index (χ0v) is 12.8. The maximum atomic E-state index is 11.5. The van der Waals surface area contributed by atoms with Crippen molar-refractivity contribution < 1.29 is 9.22 Å². The number of hydrogen-bond donors (Lipinski definition) is 0. The highest BCUT2D eigenvalue weighted by Gasteiger charge is 2.45. The number of halogens is 1. The second-order valence-corrected chi connectivity index (χ2v) is 11.2. The molecule has 0 unspecified atom stereocenters. The van der Waals surface area contributed by atoms with Gasteiger partial charge in [0.05, 0.1) is 18.6 Å². The van der Waals surface area contributed by atoms with Crippen LogP contribution in [0.25, 0.3) is 0 Å². The van der Waals surface area contributed by atoms with Crippen molar-refractivity contribution in [3.05, 3.63) is 0 Å². The van der Waals surface area contributed by atoms with Gasteiger partial charge in [0.15, 0.2) is 8.32 Å². The van der Waals surface area contributed by atoms with Crippen LogP contribution in [0.3, 0.4) is 0 Å². The summed E-state index contributed by atoms with van der Waals surface area (Å²) < 4.78 is 7.39. The summed E-state index contributed by atoms with van der Waals surface area (Å²) in [6, 6.07) is 0. The number of amides is 1. The van der Waals surface area contributed by atoms with Crippen molar-refractivity contribution in [3.63, 3.8) is 0 Å². The Kier molecular flexibility index (Phi) is 3.77. The normalized spacial score (nSPS) is 24.3. The summed E-state index contributed by atoms with van der Waals surface area (Å²) in [5.74, 6) is -0.0560. The average Bonchev–Trinajstić information content (AvgIpc) is 2.10. The largest absolute Gasteiger partial charge is 0.413 e. The molecule has 0 saturated carbocycles. The quantitative estimate of drug-likeness (QED) is 0.445. The Morgan fingerprint density at radius 1 is 1.50 bits per heavy atom. The molecule has 1 aliphatic heterocycles. The van der Waals surface area contributed by atoms with Gasteiger partial charge in [0, 0.05) is 11.8 Å². The minimum Gasteiger partial charge on any atom is -0.413 e. The van der Waals surface area contributed by atoms with E-state index in [0.717, 1.165) is 0 Å². The molecule has 1 rings (SSSR count). The smallest absolute Gasteiger partial charge is 0.244 e. The molecule has 0 aliphatic carbocycles. The molecule has 2 atom stereocenters. The van der Waals surface area contributed by atoms with E-state index in [1.54, 1.807) is 0 Å². The van der Waals surface area contributed by atoms with Crippen LogP contribution < -0.4 is 0 Å². The van der Waals surface area contributed by atoms with Gasteiger partial charge in [-0.15, -0.1) is 0 Å². The lowest BCUT2D eigenvalue weighted by atomic mass is 9.96. The van der Waals surface area contributed by atoms with Crippen LogP contribution in [-0.4, -0.2) is 31.3 Å². The molecular weight excluding hydrogens is 242 g/mol. The highest BCUT2D eigenvalue weighted by Crippen LogP contribution is 2.39. The van der Waals surface area contributed by atoms with Crippen molar-refractivity contribution in [1.29, 1.82) is 0 Å². The van der Waals surface area contributed by atoms with Gasteiger partial charge in [-0.25, -0.2) is 0 Å². The van der Waals surface area contributed by atoms with Gasteiger partial charge in [0.2, 0.25) is 5.91 Å². The van der Waals surface area contributed by atoms with Gasteiger partial charge >= 0.3 is 0 Å². The van der Waals surface area contributed by atoms with Gasteiger partial charge in [-0.1, -0.05) is 20.8 Å². The van der Waals surface area contributed by atoms with Gasteiger partial charge in [-0.2, -0.15) is 0 Å².